The lowest BCUT2D eigenvalue weighted by atomic mass is 9.99. The average molecular weight is 462 g/mol. The van der Waals surface area contributed by atoms with E-state index < -0.39 is 0 Å². The summed E-state index contributed by atoms with van der Waals surface area (Å²) in [6.07, 6.45) is 5.32. The highest BCUT2D eigenvalue weighted by Gasteiger charge is 2.40. The molecule has 1 aromatic heterocycles. The maximum atomic E-state index is 13.2. The highest BCUT2D eigenvalue weighted by Crippen LogP contribution is 2.33. The number of hydrogen-bond donors (Lipinski definition) is 1. The van der Waals surface area contributed by atoms with Crippen molar-refractivity contribution in [3.8, 4) is 22.9 Å². The van der Waals surface area contributed by atoms with Crippen LogP contribution in [0.15, 0.2) is 59.4 Å². The molecule has 2 aliphatic rings. The highest BCUT2D eigenvalue weighted by atomic mass is 16.5. The molecule has 3 aromatic rings. The number of benzene rings is 2. The van der Waals surface area contributed by atoms with Gasteiger partial charge in [-0.05, 0) is 36.1 Å². The van der Waals surface area contributed by atoms with E-state index in [1.54, 1.807) is 37.5 Å². The van der Waals surface area contributed by atoms with Gasteiger partial charge in [-0.3, -0.25) is 4.79 Å². The van der Waals surface area contributed by atoms with Crippen LogP contribution < -0.4 is 14.9 Å². The van der Waals surface area contributed by atoms with E-state index in [2.05, 4.69) is 46.8 Å². The molecule has 0 saturated carbocycles. The van der Waals surface area contributed by atoms with Crippen molar-refractivity contribution in [3.63, 3.8) is 0 Å². The smallest absolute Gasteiger partial charge is 0.251 e. The third kappa shape index (κ3) is 4.10. The zero-order chi connectivity index (χ0) is 23.7. The first-order valence-corrected chi connectivity index (χ1v) is 11.3. The topological polar surface area (TPSA) is 93.0 Å². The van der Waals surface area contributed by atoms with E-state index in [1.165, 1.54) is 11.1 Å². The largest absolute Gasteiger partial charge is 0.497 e. The number of methoxy groups -OCH3 is 2. The Morgan fingerprint density at radius 2 is 1.94 bits per heavy atom. The Bertz CT molecular complexity index is 1210. The van der Waals surface area contributed by atoms with Crippen LogP contribution in [0.2, 0.25) is 0 Å². The molecule has 5 rings (SSSR count). The standard InChI is InChI=1S/C25H27N5O4/c1-4-16-5-7-17(8-6-16)20-14-21-25(31)29(11-12-30(21)27-20)15-23-26-24(28-34-23)19-10-9-18(32-2)13-22(19)33-3/h5-13,20-21,27H,4,14-15H2,1-3H3. The van der Waals surface area contributed by atoms with E-state index in [9.17, 15) is 4.79 Å². The minimum absolute atomic E-state index is 0.00976. The van der Waals surface area contributed by atoms with Crippen LogP contribution in [0.3, 0.4) is 0 Å². The molecule has 2 aromatic carbocycles. The third-order valence-electron chi connectivity index (χ3n) is 6.29. The van der Waals surface area contributed by atoms with Gasteiger partial charge < -0.3 is 23.9 Å². The first-order valence-electron chi connectivity index (χ1n) is 11.3. The molecule has 34 heavy (non-hydrogen) atoms. The summed E-state index contributed by atoms with van der Waals surface area (Å²) in [6, 6.07) is 13.7. The monoisotopic (exact) mass is 461 g/mol. The van der Waals surface area contributed by atoms with Crippen molar-refractivity contribution in [1.82, 2.24) is 25.5 Å². The fourth-order valence-electron chi connectivity index (χ4n) is 4.33. The summed E-state index contributed by atoms with van der Waals surface area (Å²) in [5.41, 5.74) is 6.59. The molecule has 0 aliphatic carbocycles. The Labute approximate surface area is 197 Å². The van der Waals surface area contributed by atoms with E-state index in [-0.39, 0.29) is 24.5 Å². The summed E-state index contributed by atoms with van der Waals surface area (Å²) < 4.78 is 16.1. The fraction of sp³-hybridized carbons (Fsp3) is 0.320. The fourth-order valence-corrected chi connectivity index (χ4v) is 4.33. The molecule has 2 aliphatic heterocycles. The maximum absolute atomic E-state index is 13.2. The molecule has 2 unspecified atom stereocenters. The van der Waals surface area contributed by atoms with Gasteiger partial charge in [0, 0.05) is 18.5 Å². The van der Waals surface area contributed by atoms with Crippen molar-refractivity contribution in [2.75, 3.05) is 14.2 Å². The number of nitrogens with one attached hydrogen (secondary N) is 1. The molecule has 1 saturated heterocycles. The van der Waals surface area contributed by atoms with Crippen LogP contribution in [-0.2, 0) is 17.8 Å². The van der Waals surface area contributed by atoms with Gasteiger partial charge in [0.15, 0.2) is 0 Å². The van der Waals surface area contributed by atoms with Crippen molar-refractivity contribution in [1.29, 1.82) is 0 Å². The summed E-state index contributed by atoms with van der Waals surface area (Å²) in [7, 11) is 3.17. The van der Waals surface area contributed by atoms with E-state index in [0.29, 0.717) is 35.2 Å². The Morgan fingerprint density at radius 3 is 2.68 bits per heavy atom. The Balaban J connectivity index is 1.28. The summed E-state index contributed by atoms with van der Waals surface area (Å²) in [5.74, 6) is 1.97. The van der Waals surface area contributed by atoms with Crippen LogP contribution in [0.1, 0.15) is 36.4 Å². The number of carbonyl (C=O) groups excluding carboxylic acids is 1. The van der Waals surface area contributed by atoms with Gasteiger partial charge in [0.25, 0.3) is 5.91 Å². The van der Waals surface area contributed by atoms with Crippen molar-refractivity contribution < 1.29 is 18.8 Å². The molecule has 176 valence electrons. The number of amides is 1. The Morgan fingerprint density at radius 1 is 1.12 bits per heavy atom. The SMILES string of the molecule is CCc1ccc(C2CC3C(=O)N(Cc4nc(-c5ccc(OC)cc5OC)no4)C=CN3N2)cc1. The zero-order valence-corrected chi connectivity index (χ0v) is 19.4. The van der Waals surface area contributed by atoms with Gasteiger partial charge in [-0.25, -0.2) is 5.43 Å². The molecule has 2 atom stereocenters. The Kier molecular flexibility index (Phi) is 5.93. The number of hydrogen-bond acceptors (Lipinski definition) is 8. The van der Waals surface area contributed by atoms with E-state index in [4.69, 9.17) is 14.0 Å². The summed E-state index contributed by atoms with van der Waals surface area (Å²) in [5, 5.41) is 5.97. The lowest BCUT2D eigenvalue weighted by molar-refractivity contribution is -0.135. The van der Waals surface area contributed by atoms with Crippen molar-refractivity contribution >= 4 is 5.91 Å². The van der Waals surface area contributed by atoms with Gasteiger partial charge in [0.1, 0.15) is 24.1 Å². The van der Waals surface area contributed by atoms with E-state index in [0.717, 1.165) is 6.42 Å². The number of nitrogens with zero attached hydrogens (tertiary/aromatic N) is 4. The van der Waals surface area contributed by atoms with Crippen molar-refractivity contribution in [2.45, 2.75) is 38.4 Å². The lowest BCUT2D eigenvalue weighted by Crippen LogP contribution is -2.47. The molecular formula is C25H27N5O4. The molecule has 1 amide bonds. The first kappa shape index (κ1) is 22.0. The number of aromatic nitrogens is 2. The van der Waals surface area contributed by atoms with Crippen LogP contribution in [-0.4, -0.2) is 46.2 Å². The van der Waals surface area contributed by atoms with Crippen molar-refractivity contribution in [2.24, 2.45) is 0 Å². The minimum Gasteiger partial charge on any atom is -0.497 e. The second-order valence-corrected chi connectivity index (χ2v) is 8.28. The molecule has 1 N–H and O–H groups in total. The summed E-state index contributed by atoms with van der Waals surface area (Å²) in [4.78, 5) is 19.3. The molecule has 0 radical (unpaired) electrons. The van der Waals surface area contributed by atoms with Gasteiger partial charge in [-0.2, -0.15) is 4.98 Å². The lowest BCUT2D eigenvalue weighted by Gasteiger charge is -2.30. The van der Waals surface area contributed by atoms with Crippen molar-refractivity contribution in [3.05, 3.63) is 71.9 Å². The predicted molar refractivity (Wildman–Crippen MR) is 124 cm³/mol. The number of rotatable bonds is 7. The van der Waals surface area contributed by atoms with Crippen LogP contribution in [0, 0.1) is 0 Å². The minimum atomic E-state index is -0.287. The van der Waals surface area contributed by atoms with Crippen LogP contribution in [0.25, 0.3) is 11.4 Å². The normalized spacial score (nSPS) is 19.4. The molecule has 3 heterocycles. The summed E-state index contributed by atoms with van der Waals surface area (Å²) >= 11 is 0. The van der Waals surface area contributed by atoms with Gasteiger partial charge >= 0.3 is 0 Å². The van der Waals surface area contributed by atoms with Gasteiger partial charge in [0.05, 0.1) is 25.8 Å². The summed E-state index contributed by atoms with van der Waals surface area (Å²) in [6.45, 7) is 2.34. The number of ether oxygens (including phenoxy) is 2. The van der Waals surface area contributed by atoms with E-state index in [1.807, 2.05) is 17.3 Å². The number of fused-ring (bicyclic) bond motifs is 1. The maximum Gasteiger partial charge on any atom is 0.251 e. The van der Waals surface area contributed by atoms with Gasteiger partial charge in [0.2, 0.25) is 11.7 Å². The number of carbonyl (C=O) groups is 1. The average Bonchev–Trinajstić information content (AvgIpc) is 3.53. The second-order valence-electron chi connectivity index (χ2n) is 8.28. The zero-order valence-electron chi connectivity index (χ0n) is 19.4. The quantitative estimate of drug-likeness (QED) is 0.572. The van der Waals surface area contributed by atoms with Gasteiger partial charge in [-0.1, -0.05) is 36.3 Å². The predicted octanol–water partition coefficient (Wildman–Crippen LogP) is 3.45. The second kappa shape index (κ2) is 9.18. The Hall–Kier alpha value is -3.85. The molecule has 9 nitrogen and oxygen atoms in total. The number of hydrazine groups is 1. The molecule has 9 heteroatoms. The van der Waals surface area contributed by atoms with Crippen LogP contribution >= 0.6 is 0 Å². The molecule has 0 spiro atoms. The molecule has 1 fully saturated rings. The van der Waals surface area contributed by atoms with Crippen LogP contribution in [0.4, 0.5) is 0 Å². The molecule has 0 bridgehead atoms. The van der Waals surface area contributed by atoms with Crippen LogP contribution in [0.5, 0.6) is 11.5 Å². The van der Waals surface area contributed by atoms with E-state index >= 15 is 0 Å². The number of aryl methyl sites for hydroxylation is 1. The third-order valence-corrected chi connectivity index (χ3v) is 6.29. The molecular weight excluding hydrogens is 434 g/mol. The van der Waals surface area contributed by atoms with Gasteiger partial charge in [-0.15, -0.1) is 0 Å². The first-order chi connectivity index (χ1) is 16.6. The highest BCUT2D eigenvalue weighted by molar-refractivity contribution is 5.84.